The van der Waals surface area contributed by atoms with Crippen LogP contribution in [0.1, 0.15) is 83.8 Å². The molecule has 2 N–H and O–H groups in total. The summed E-state index contributed by atoms with van der Waals surface area (Å²) in [6.07, 6.45) is 4.12. The molecule has 8 rings (SSSR count). The number of H-pyrrole nitrogens is 1. The number of likely N-dealkylation sites (tertiary alicyclic amines) is 2. The number of hydrogen-bond acceptors (Lipinski definition) is 8. The van der Waals surface area contributed by atoms with Gasteiger partial charge in [-0.1, -0.05) is 39.0 Å². The van der Waals surface area contributed by atoms with E-state index in [1.807, 2.05) is 45.7 Å². The highest BCUT2D eigenvalue weighted by Gasteiger charge is 2.42. The number of carbonyl (C=O) groups is 3. The molecule has 4 aromatic rings. The fraction of sp³-hybridized carbons (Fsp3) is 0.465. The van der Waals surface area contributed by atoms with Crippen LogP contribution in [0, 0.1) is 11.8 Å². The number of rotatable bonds is 6. The van der Waals surface area contributed by atoms with Crippen molar-refractivity contribution in [2.75, 3.05) is 20.2 Å². The van der Waals surface area contributed by atoms with Crippen LogP contribution in [0.3, 0.4) is 0 Å². The molecule has 0 spiro atoms. The number of aromatic nitrogens is 2. The Morgan fingerprint density at radius 2 is 1.85 bits per heavy atom. The molecule has 4 atom stereocenters. The van der Waals surface area contributed by atoms with Crippen LogP contribution in [0.15, 0.2) is 53.7 Å². The van der Waals surface area contributed by atoms with E-state index in [4.69, 9.17) is 24.2 Å². The van der Waals surface area contributed by atoms with Crippen LogP contribution in [0.25, 0.3) is 33.2 Å². The van der Waals surface area contributed by atoms with Gasteiger partial charge in [-0.25, -0.2) is 14.6 Å². The number of fused-ring (bicyclic) bond motifs is 6. The van der Waals surface area contributed by atoms with Crippen molar-refractivity contribution in [3.05, 3.63) is 65.6 Å². The molecule has 0 aliphatic carbocycles. The molecule has 0 unspecified atom stereocenters. The SMILES string of the molecule is COC(=O)N[C@H](C(=O)N1C[C@@H](C)C[C@H]1C1=Nc2ccc3cc4c(cc3c2C1)OCc1cc(-c2cnc([C@@H]3CCCN3C(=O)OC(C)(C)C)[nH]2)ccc1-4)C(C)C. The Morgan fingerprint density at radius 1 is 1.04 bits per heavy atom. The van der Waals surface area contributed by atoms with Gasteiger partial charge in [-0.2, -0.15) is 0 Å². The third-order valence-electron chi connectivity index (χ3n) is 11.3. The number of alkyl carbamates (subject to hydrolysis) is 1. The van der Waals surface area contributed by atoms with Gasteiger partial charge in [0.15, 0.2) is 0 Å². The van der Waals surface area contributed by atoms with Gasteiger partial charge < -0.3 is 29.4 Å². The number of carbonyl (C=O) groups excluding carboxylic acids is 3. The van der Waals surface area contributed by atoms with Gasteiger partial charge in [-0.05, 0) is 109 Å². The number of nitrogens with zero attached hydrogens (tertiary/aromatic N) is 4. The number of methoxy groups -OCH3 is 1. The van der Waals surface area contributed by atoms with E-state index in [1.165, 1.54) is 7.11 Å². The maximum atomic E-state index is 13.9. The van der Waals surface area contributed by atoms with Gasteiger partial charge >= 0.3 is 12.2 Å². The van der Waals surface area contributed by atoms with E-state index in [2.05, 4.69) is 59.7 Å². The summed E-state index contributed by atoms with van der Waals surface area (Å²) < 4.78 is 16.9. The second kappa shape index (κ2) is 14.0. The van der Waals surface area contributed by atoms with Crippen molar-refractivity contribution in [2.24, 2.45) is 16.8 Å². The summed E-state index contributed by atoms with van der Waals surface area (Å²) >= 11 is 0. The number of hydrogen-bond donors (Lipinski definition) is 2. The zero-order valence-electron chi connectivity index (χ0n) is 32.7. The van der Waals surface area contributed by atoms with E-state index >= 15 is 0 Å². The molecule has 288 valence electrons. The lowest BCUT2D eigenvalue weighted by atomic mass is 9.90. The smallest absolute Gasteiger partial charge is 0.410 e. The van der Waals surface area contributed by atoms with Crippen molar-refractivity contribution < 1.29 is 28.6 Å². The lowest BCUT2D eigenvalue weighted by Gasteiger charge is -2.31. The summed E-state index contributed by atoms with van der Waals surface area (Å²) in [5, 5.41) is 4.96. The van der Waals surface area contributed by atoms with E-state index in [9.17, 15) is 14.4 Å². The molecule has 12 nitrogen and oxygen atoms in total. The number of nitrogens with one attached hydrogen (secondary N) is 2. The van der Waals surface area contributed by atoms with Crippen molar-refractivity contribution in [2.45, 2.75) is 97.6 Å². The van der Waals surface area contributed by atoms with E-state index < -0.39 is 17.7 Å². The van der Waals surface area contributed by atoms with Crippen molar-refractivity contribution in [3.8, 4) is 28.1 Å². The summed E-state index contributed by atoms with van der Waals surface area (Å²) in [4.78, 5) is 55.9. The molecule has 0 saturated carbocycles. The molecule has 55 heavy (non-hydrogen) atoms. The van der Waals surface area contributed by atoms with Crippen LogP contribution >= 0.6 is 0 Å². The van der Waals surface area contributed by atoms with Crippen LogP contribution in [0.5, 0.6) is 5.75 Å². The highest BCUT2D eigenvalue weighted by Crippen LogP contribution is 2.45. The first-order chi connectivity index (χ1) is 26.3. The summed E-state index contributed by atoms with van der Waals surface area (Å²) in [5.74, 6) is 1.70. The molecule has 12 heteroatoms. The Balaban J connectivity index is 1.02. The molecule has 1 aromatic heterocycles. The zero-order chi connectivity index (χ0) is 38.8. The predicted octanol–water partition coefficient (Wildman–Crippen LogP) is 8.11. The maximum Gasteiger partial charge on any atom is 0.410 e. The van der Waals surface area contributed by atoms with Gasteiger partial charge in [0.25, 0.3) is 0 Å². The standard InChI is InChI=1S/C43H50N6O6/c1-23(2)38(47-41(51)53-7)40(50)49-21-24(3)15-36(49)33-18-30-29-19-37-31(17-25(29)11-13-32(30)45-33)28-12-10-26(16-27(28)22-54-37)34-20-44-39(46-34)35-9-8-14-48(35)42(52)55-43(4,5)6/h10-13,16-17,19-20,23-24,35-36,38H,8-9,14-15,18,21-22H2,1-7H3,(H,44,46)(H,47,51)/t24-,35-,36-,38-/m0/s1. The second-order valence-electron chi connectivity index (χ2n) is 16.8. The first-order valence-electron chi connectivity index (χ1n) is 19.4. The van der Waals surface area contributed by atoms with Gasteiger partial charge in [-0.3, -0.25) is 14.7 Å². The van der Waals surface area contributed by atoms with Gasteiger partial charge in [0.1, 0.15) is 29.8 Å². The van der Waals surface area contributed by atoms with E-state index in [0.29, 0.717) is 32.0 Å². The molecule has 5 heterocycles. The summed E-state index contributed by atoms with van der Waals surface area (Å²) in [6, 6.07) is 14.0. The zero-order valence-corrected chi connectivity index (χ0v) is 32.7. The lowest BCUT2D eigenvalue weighted by Crippen LogP contribution is -2.53. The van der Waals surface area contributed by atoms with Crippen LogP contribution in [0.4, 0.5) is 15.3 Å². The molecular formula is C43H50N6O6. The minimum absolute atomic E-state index is 0.101. The Morgan fingerprint density at radius 3 is 2.62 bits per heavy atom. The third-order valence-corrected chi connectivity index (χ3v) is 11.3. The fourth-order valence-electron chi connectivity index (χ4n) is 8.62. The minimum Gasteiger partial charge on any atom is -0.488 e. The highest BCUT2D eigenvalue weighted by atomic mass is 16.6. The van der Waals surface area contributed by atoms with Crippen LogP contribution in [0.2, 0.25) is 0 Å². The first kappa shape index (κ1) is 36.6. The largest absolute Gasteiger partial charge is 0.488 e. The molecule has 0 radical (unpaired) electrons. The Kier molecular flexibility index (Phi) is 9.33. The summed E-state index contributed by atoms with van der Waals surface area (Å²) in [7, 11) is 1.31. The van der Waals surface area contributed by atoms with Gasteiger partial charge in [0.05, 0.1) is 36.8 Å². The molecule has 0 bridgehead atoms. The number of ether oxygens (including phenoxy) is 3. The van der Waals surface area contributed by atoms with Crippen LogP contribution < -0.4 is 10.1 Å². The summed E-state index contributed by atoms with van der Waals surface area (Å²) in [6.45, 7) is 13.4. The van der Waals surface area contributed by atoms with Crippen LogP contribution in [-0.4, -0.2) is 81.5 Å². The van der Waals surface area contributed by atoms with Crippen molar-refractivity contribution in [1.82, 2.24) is 25.1 Å². The molecule has 4 aliphatic heterocycles. The molecule has 2 saturated heterocycles. The normalized spacial score (nSPS) is 20.8. The maximum absolute atomic E-state index is 13.9. The van der Waals surface area contributed by atoms with Gasteiger partial charge in [-0.15, -0.1) is 0 Å². The quantitative estimate of drug-likeness (QED) is 0.203. The molecule has 3 aromatic carbocycles. The van der Waals surface area contributed by atoms with Crippen molar-refractivity contribution in [1.29, 1.82) is 0 Å². The lowest BCUT2D eigenvalue weighted by molar-refractivity contribution is -0.134. The van der Waals surface area contributed by atoms with E-state index in [-0.39, 0.29) is 30.0 Å². The Hall–Kier alpha value is -5.39. The molecular weight excluding hydrogens is 697 g/mol. The number of aromatic amines is 1. The number of benzene rings is 3. The minimum atomic E-state index is -0.682. The molecule has 3 amide bonds. The third kappa shape index (κ3) is 6.91. The Bertz CT molecular complexity index is 2220. The Labute approximate surface area is 321 Å². The number of amides is 3. The number of imidazole rings is 1. The molecule has 2 fully saturated rings. The van der Waals surface area contributed by atoms with Crippen molar-refractivity contribution >= 4 is 40.3 Å². The molecule has 4 aliphatic rings. The average molecular weight is 747 g/mol. The van der Waals surface area contributed by atoms with Crippen molar-refractivity contribution in [3.63, 3.8) is 0 Å². The monoisotopic (exact) mass is 746 g/mol. The van der Waals surface area contributed by atoms with Gasteiger partial charge in [0.2, 0.25) is 5.91 Å². The second-order valence-corrected chi connectivity index (χ2v) is 16.8. The van der Waals surface area contributed by atoms with E-state index in [0.717, 1.165) is 86.5 Å². The van der Waals surface area contributed by atoms with Crippen LogP contribution in [-0.2, 0) is 27.3 Å². The van der Waals surface area contributed by atoms with Gasteiger partial charge in [0, 0.05) is 30.8 Å². The van der Waals surface area contributed by atoms with E-state index in [1.54, 1.807) is 4.90 Å². The first-order valence-corrected chi connectivity index (χ1v) is 19.4. The topological polar surface area (TPSA) is 138 Å². The fourth-order valence-corrected chi connectivity index (χ4v) is 8.62. The predicted molar refractivity (Wildman–Crippen MR) is 210 cm³/mol. The average Bonchev–Trinajstić information content (AvgIpc) is 3.97. The number of aliphatic imine (C=N–C) groups is 1. The summed E-state index contributed by atoms with van der Waals surface area (Å²) in [5.41, 5.74) is 7.64. The highest BCUT2D eigenvalue weighted by molar-refractivity contribution is 6.06.